The fourth-order valence-corrected chi connectivity index (χ4v) is 1.68. The Morgan fingerprint density at radius 2 is 2.06 bits per heavy atom. The first kappa shape index (κ1) is 11.6. The Labute approximate surface area is 99.8 Å². The van der Waals surface area contributed by atoms with Crippen molar-refractivity contribution >= 4 is 11.9 Å². The quantitative estimate of drug-likeness (QED) is 0.806. The van der Waals surface area contributed by atoms with Crippen molar-refractivity contribution in [1.82, 2.24) is 15.5 Å². The number of nitrogens with one attached hydrogen (secondary N) is 2. The van der Waals surface area contributed by atoms with Crippen LogP contribution in [-0.4, -0.2) is 30.1 Å². The number of urea groups is 1. The number of benzene rings is 1. The SMILES string of the molecule is CN1C(=O)CC(NCc2ccccc2)NC1=O. The molecule has 0 spiro atoms. The third-order valence-corrected chi connectivity index (χ3v) is 2.75. The van der Waals surface area contributed by atoms with E-state index in [1.807, 2.05) is 30.3 Å². The van der Waals surface area contributed by atoms with Gasteiger partial charge in [0.05, 0.1) is 12.6 Å². The van der Waals surface area contributed by atoms with Crippen molar-refractivity contribution in [2.24, 2.45) is 0 Å². The van der Waals surface area contributed by atoms with Crippen molar-refractivity contribution in [2.45, 2.75) is 19.1 Å². The molecule has 17 heavy (non-hydrogen) atoms. The zero-order chi connectivity index (χ0) is 12.3. The summed E-state index contributed by atoms with van der Waals surface area (Å²) in [6, 6.07) is 9.48. The Morgan fingerprint density at radius 1 is 1.35 bits per heavy atom. The van der Waals surface area contributed by atoms with Gasteiger partial charge in [-0.1, -0.05) is 30.3 Å². The van der Waals surface area contributed by atoms with Gasteiger partial charge in [-0.25, -0.2) is 4.79 Å². The number of nitrogens with zero attached hydrogens (tertiary/aromatic N) is 1. The molecule has 1 heterocycles. The molecule has 3 amide bonds. The summed E-state index contributed by atoms with van der Waals surface area (Å²) in [6.07, 6.45) is 0.00104. The van der Waals surface area contributed by atoms with Gasteiger partial charge in [-0.3, -0.25) is 15.0 Å². The van der Waals surface area contributed by atoms with Crippen molar-refractivity contribution in [3.8, 4) is 0 Å². The van der Waals surface area contributed by atoms with E-state index in [2.05, 4.69) is 10.6 Å². The molecule has 1 fully saturated rings. The summed E-state index contributed by atoms with van der Waals surface area (Å²) in [6.45, 7) is 0.628. The lowest BCUT2D eigenvalue weighted by Crippen LogP contribution is -2.57. The highest BCUT2D eigenvalue weighted by atomic mass is 16.2. The van der Waals surface area contributed by atoms with E-state index in [9.17, 15) is 9.59 Å². The predicted octanol–water partition coefficient (Wildman–Crippen LogP) is 0.674. The lowest BCUT2D eigenvalue weighted by molar-refractivity contribution is -0.129. The van der Waals surface area contributed by atoms with Crippen LogP contribution < -0.4 is 10.6 Å². The van der Waals surface area contributed by atoms with Gasteiger partial charge in [0.1, 0.15) is 0 Å². The van der Waals surface area contributed by atoms with Gasteiger partial charge in [-0.2, -0.15) is 0 Å². The van der Waals surface area contributed by atoms with Crippen LogP contribution in [0.15, 0.2) is 30.3 Å². The van der Waals surface area contributed by atoms with E-state index < -0.39 is 0 Å². The molecule has 1 atom stereocenters. The van der Waals surface area contributed by atoms with Gasteiger partial charge >= 0.3 is 6.03 Å². The van der Waals surface area contributed by atoms with Crippen molar-refractivity contribution in [3.63, 3.8) is 0 Å². The second-order valence-electron chi connectivity index (χ2n) is 4.03. The first-order valence-electron chi connectivity index (χ1n) is 5.51. The zero-order valence-electron chi connectivity index (χ0n) is 9.64. The number of amides is 3. The Hall–Kier alpha value is -1.88. The minimum absolute atomic E-state index is 0.167. The first-order valence-corrected chi connectivity index (χ1v) is 5.51. The summed E-state index contributed by atoms with van der Waals surface area (Å²) in [5.74, 6) is -0.167. The van der Waals surface area contributed by atoms with Crippen LogP contribution in [0.3, 0.4) is 0 Å². The third-order valence-electron chi connectivity index (χ3n) is 2.75. The Kier molecular flexibility index (Phi) is 3.39. The van der Waals surface area contributed by atoms with Crippen molar-refractivity contribution < 1.29 is 9.59 Å². The number of rotatable bonds is 3. The molecule has 0 saturated carbocycles. The Bertz CT molecular complexity index is 401. The van der Waals surface area contributed by atoms with E-state index in [4.69, 9.17) is 0 Å². The summed E-state index contributed by atoms with van der Waals surface area (Å²) >= 11 is 0. The van der Waals surface area contributed by atoms with Gasteiger partial charge < -0.3 is 5.32 Å². The molecule has 0 aromatic heterocycles. The molecule has 1 aromatic carbocycles. The van der Waals surface area contributed by atoms with Crippen LogP contribution in [0.1, 0.15) is 12.0 Å². The fraction of sp³-hybridized carbons (Fsp3) is 0.333. The van der Waals surface area contributed by atoms with Gasteiger partial charge in [0.2, 0.25) is 5.91 Å². The lowest BCUT2D eigenvalue weighted by atomic mass is 10.2. The Morgan fingerprint density at radius 3 is 2.71 bits per heavy atom. The highest BCUT2D eigenvalue weighted by molar-refractivity contribution is 5.96. The second-order valence-corrected chi connectivity index (χ2v) is 4.03. The minimum Gasteiger partial charge on any atom is -0.322 e. The van der Waals surface area contributed by atoms with Gasteiger partial charge in [0.15, 0.2) is 0 Å². The average molecular weight is 233 g/mol. The van der Waals surface area contributed by atoms with E-state index in [-0.39, 0.29) is 24.5 Å². The maximum atomic E-state index is 11.5. The number of carbonyl (C=O) groups excluding carboxylic acids is 2. The van der Waals surface area contributed by atoms with Crippen molar-refractivity contribution in [2.75, 3.05) is 7.05 Å². The van der Waals surface area contributed by atoms with Gasteiger partial charge in [0.25, 0.3) is 0 Å². The van der Waals surface area contributed by atoms with Gasteiger partial charge in [-0.05, 0) is 5.56 Å². The molecule has 2 N–H and O–H groups in total. The second kappa shape index (κ2) is 4.97. The third kappa shape index (κ3) is 2.82. The molecule has 90 valence electrons. The van der Waals surface area contributed by atoms with Gasteiger partial charge in [-0.15, -0.1) is 0 Å². The summed E-state index contributed by atoms with van der Waals surface area (Å²) in [7, 11) is 1.48. The molecular weight excluding hydrogens is 218 g/mol. The molecule has 5 heteroatoms. The Balaban J connectivity index is 1.88. The molecule has 0 aliphatic carbocycles. The smallest absolute Gasteiger partial charge is 0.322 e. The molecule has 1 unspecified atom stereocenters. The molecular formula is C12H15N3O2. The topological polar surface area (TPSA) is 61.4 Å². The number of imide groups is 1. The maximum absolute atomic E-state index is 11.5. The van der Waals surface area contributed by atoms with Crippen LogP contribution in [0.2, 0.25) is 0 Å². The van der Waals surface area contributed by atoms with E-state index >= 15 is 0 Å². The van der Waals surface area contributed by atoms with E-state index in [1.165, 1.54) is 7.05 Å². The number of hydrogen-bond acceptors (Lipinski definition) is 3. The maximum Gasteiger partial charge on any atom is 0.325 e. The molecule has 0 bridgehead atoms. The monoisotopic (exact) mass is 233 g/mol. The normalized spacial score (nSPS) is 20.3. The summed E-state index contributed by atoms with van der Waals surface area (Å²) in [5, 5.41) is 5.86. The minimum atomic E-state index is -0.355. The van der Waals surface area contributed by atoms with E-state index in [0.717, 1.165) is 10.5 Å². The van der Waals surface area contributed by atoms with Crippen LogP contribution >= 0.6 is 0 Å². The predicted molar refractivity (Wildman–Crippen MR) is 63.0 cm³/mol. The van der Waals surface area contributed by atoms with Crippen LogP contribution in [0.25, 0.3) is 0 Å². The summed E-state index contributed by atoms with van der Waals surface area (Å²) in [4.78, 5) is 23.9. The lowest BCUT2D eigenvalue weighted by Gasteiger charge is -2.29. The molecule has 1 aliphatic heterocycles. The highest BCUT2D eigenvalue weighted by Gasteiger charge is 2.28. The largest absolute Gasteiger partial charge is 0.325 e. The summed E-state index contributed by atoms with van der Waals surface area (Å²) in [5.41, 5.74) is 1.12. The number of carbonyl (C=O) groups is 2. The van der Waals surface area contributed by atoms with Crippen LogP contribution in [0, 0.1) is 0 Å². The average Bonchev–Trinajstić information content (AvgIpc) is 2.34. The molecule has 0 radical (unpaired) electrons. The molecule has 1 aromatic rings. The summed E-state index contributed by atoms with van der Waals surface area (Å²) < 4.78 is 0. The standard InChI is InChI=1S/C12H15N3O2/c1-15-11(16)7-10(14-12(15)17)13-8-9-5-3-2-4-6-9/h2-6,10,13H,7-8H2,1H3,(H,14,17). The van der Waals surface area contributed by atoms with Crippen LogP contribution in [0.5, 0.6) is 0 Å². The van der Waals surface area contributed by atoms with Gasteiger partial charge in [0, 0.05) is 13.6 Å². The first-order chi connectivity index (χ1) is 8.16. The zero-order valence-corrected chi connectivity index (χ0v) is 9.64. The fourth-order valence-electron chi connectivity index (χ4n) is 1.68. The van der Waals surface area contributed by atoms with Crippen LogP contribution in [-0.2, 0) is 11.3 Å². The van der Waals surface area contributed by atoms with Crippen molar-refractivity contribution in [3.05, 3.63) is 35.9 Å². The van der Waals surface area contributed by atoms with Crippen molar-refractivity contribution in [1.29, 1.82) is 0 Å². The van der Waals surface area contributed by atoms with E-state index in [1.54, 1.807) is 0 Å². The van der Waals surface area contributed by atoms with E-state index in [0.29, 0.717) is 6.54 Å². The molecule has 1 saturated heterocycles. The highest BCUT2D eigenvalue weighted by Crippen LogP contribution is 2.05. The molecule has 5 nitrogen and oxygen atoms in total. The molecule has 2 rings (SSSR count). The van der Waals surface area contributed by atoms with Crippen LogP contribution in [0.4, 0.5) is 4.79 Å². The molecule has 1 aliphatic rings. The number of hydrogen-bond donors (Lipinski definition) is 2.